The molecule has 7 heteroatoms. The van der Waals surface area contributed by atoms with Crippen molar-refractivity contribution in [1.82, 2.24) is 4.98 Å². The lowest BCUT2D eigenvalue weighted by atomic mass is 10.1. The lowest BCUT2D eigenvalue weighted by Gasteiger charge is -2.07. The number of rotatable bonds is 1. The molecule has 4 rings (SSSR count). The van der Waals surface area contributed by atoms with Crippen molar-refractivity contribution < 1.29 is 18.3 Å². The summed E-state index contributed by atoms with van der Waals surface area (Å²) in [5, 5.41) is 4.06. The first-order chi connectivity index (χ1) is 9.02. The minimum atomic E-state index is -3.60. The normalized spacial score (nSPS) is 17.7. The maximum Gasteiger partial charge on any atom is 0.586 e. The predicted octanol–water partition coefficient (Wildman–Crippen LogP) is 1.56. The molecule has 19 heavy (non-hydrogen) atoms. The lowest BCUT2D eigenvalue weighted by Crippen LogP contribution is -2.34. The van der Waals surface area contributed by atoms with Crippen molar-refractivity contribution in [3.63, 3.8) is 0 Å². The Morgan fingerprint density at radius 3 is 2.63 bits per heavy atom. The topological polar surface area (TPSA) is 43.7 Å². The molecule has 0 amide bonds. The number of thiazole rings is 1. The molecule has 0 fully saturated rings. The van der Waals surface area contributed by atoms with Gasteiger partial charge in [0.25, 0.3) is 0 Å². The maximum atomic E-state index is 13.0. The van der Waals surface area contributed by atoms with Crippen LogP contribution in [0.3, 0.4) is 0 Å². The van der Waals surface area contributed by atoms with Crippen LogP contribution in [-0.2, 0) is 0 Å². The van der Waals surface area contributed by atoms with E-state index in [1.165, 1.54) is 23.5 Å². The maximum absolute atomic E-state index is 13.0. The van der Waals surface area contributed by atoms with Gasteiger partial charge in [0.15, 0.2) is 11.5 Å². The standard InChI is InChI=1S/C12H6F2N2O2S/c1-5-4-19-11(15-5)10-6-2-8-9(3-7(6)16-10)18-12(13,14)17-8/h2-4H,1H3. The van der Waals surface area contributed by atoms with Crippen molar-refractivity contribution in [3.05, 3.63) is 38.8 Å². The number of hydrogen-bond donors (Lipinski definition) is 0. The van der Waals surface area contributed by atoms with Crippen molar-refractivity contribution in [2.45, 2.75) is 13.2 Å². The molecule has 0 saturated heterocycles. The summed E-state index contributed by atoms with van der Waals surface area (Å²) in [5.74, 6) is 0.0475. The Balaban J connectivity index is 1.87. The number of aryl methyl sites for hydroxylation is 1. The Hall–Kier alpha value is -2.02. The van der Waals surface area contributed by atoms with Gasteiger partial charge in [0.05, 0.1) is 5.36 Å². The lowest BCUT2D eigenvalue weighted by molar-refractivity contribution is -0.286. The van der Waals surface area contributed by atoms with Gasteiger partial charge in [0.1, 0.15) is 10.7 Å². The van der Waals surface area contributed by atoms with Gasteiger partial charge in [0.2, 0.25) is 0 Å². The van der Waals surface area contributed by atoms with Gasteiger partial charge in [-0.3, -0.25) is 0 Å². The van der Waals surface area contributed by atoms with E-state index >= 15 is 0 Å². The van der Waals surface area contributed by atoms with E-state index in [-0.39, 0.29) is 11.5 Å². The van der Waals surface area contributed by atoms with E-state index in [1.54, 1.807) is 0 Å². The summed E-state index contributed by atoms with van der Waals surface area (Å²) in [7, 11) is 0. The smallest absolute Gasteiger partial charge is 0.395 e. The Morgan fingerprint density at radius 1 is 1.21 bits per heavy atom. The zero-order chi connectivity index (χ0) is 13.2. The van der Waals surface area contributed by atoms with Crippen LogP contribution in [0.1, 0.15) is 10.7 Å². The molecule has 0 spiro atoms. The summed E-state index contributed by atoms with van der Waals surface area (Å²) in [5.41, 5.74) is 1.61. The van der Waals surface area contributed by atoms with E-state index < -0.39 is 6.29 Å². The van der Waals surface area contributed by atoms with Gasteiger partial charge >= 0.3 is 6.29 Å². The summed E-state index contributed by atoms with van der Waals surface area (Å²) in [6, 6.07) is 2.97. The van der Waals surface area contributed by atoms with Crippen LogP contribution in [0.5, 0.6) is 11.5 Å². The number of fused-ring (bicyclic) bond motifs is 2. The van der Waals surface area contributed by atoms with Crippen molar-refractivity contribution in [2.24, 2.45) is 4.99 Å². The molecule has 2 aromatic rings. The minimum absolute atomic E-state index is 0.0156. The molecule has 2 aliphatic heterocycles. The van der Waals surface area contributed by atoms with Crippen LogP contribution in [0.15, 0.2) is 22.5 Å². The highest BCUT2D eigenvalue weighted by molar-refractivity contribution is 7.10. The molecular formula is C12H6F2N2O2S. The fourth-order valence-corrected chi connectivity index (χ4v) is 2.82. The number of ether oxygens (including phenoxy) is 2. The molecule has 0 atom stereocenters. The summed E-state index contributed by atoms with van der Waals surface area (Å²) in [6.45, 7) is 1.89. The summed E-state index contributed by atoms with van der Waals surface area (Å²) in [4.78, 5) is 8.60. The van der Waals surface area contributed by atoms with Crippen LogP contribution in [0, 0.1) is 6.92 Å². The zero-order valence-corrected chi connectivity index (χ0v) is 10.4. The van der Waals surface area contributed by atoms with Crippen molar-refractivity contribution in [1.29, 1.82) is 0 Å². The molecule has 4 nitrogen and oxygen atoms in total. The monoisotopic (exact) mass is 280 g/mol. The Kier molecular flexibility index (Phi) is 1.88. The summed E-state index contributed by atoms with van der Waals surface area (Å²) >= 11 is 1.47. The molecule has 0 aliphatic carbocycles. The number of aromatic nitrogens is 1. The van der Waals surface area contributed by atoms with Crippen molar-refractivity contribution in [2.75, 3.05) is 0 Å². The van der Waals surface area contributed by atoms with E-state index in [9.17, 15) is 8.78 Å². The van der Waals surface area contributed by atoms with Gasteiger partial charge < -0.3 is 9.47 Å². The van der Waals surface area contributed by atoms with Crippen LogP contribution >= 0.6 is 11.3 Å². The molecule has 0 N–H and O–H groups in total. The highest BCUT2D eigenvalue weighted by Gasteiger charge is 2.43. The van der Waals surface area contributed by atoms with Gasteiger partial charge in [-0.25, -0.2) is 9.98 Å². The second-order valence-corrected chi connectivity index (χ2v) is 5.10. The summed E-state index contributed by atoms with van der Waals surface area (Å²) < 4.78 is 34.7. The average molecular weight is 280 g/mol. The molecule has 0 saturated carbocycles. The zero-order valence-electron chi connectivity index (χ0n) is 9.61. The van der Waals surface area contributed by atoms with Crippen molar-refractivity contribution >= 4 is 17.0 Å². The molecule has 2 aliphatic rings. The van der Waals surface area contributed by atoms with Gasteiger partial charge in [-0.2, -0.15) is 0 Å². The van der Waals surface area contributed by atoms with E-state index in [0.29, 0.717) is 11.1 Å². The molecule has 0 radical (unpaired) electrons. The molecule has 0 unspecified atom stereocenters. The molecule has 1 aromatic carbocycles. The summed E-state index contributed by atoms with van der Waals surface area (Å²) in [6.07, 6.45) is -3.60. The highest BCUT2D eigenvalue weighted by Crippen LogP contribution is 2.39. The third-order valence-corrected chi connectivity index (χ3v) is 3.80. The van der Waals surface area contributed by atoms with Crippen LogP contribution < -0.4 is 20.0 Å². The molecule has 1 aromatic heterocycles. The third-order valence-electron chi connectivity index (χ3n) is 2.83. The van der Waals surface area contributed by atoms with Gasteiger partial charge in [-0.15, -0.1) is 20.1 Å². The largest absolute Gasteiger partial charge is 0.586 e. The van der Waals surface area contributed by atoms with Crippen molar-refractivity contribution in [3.8, 4) is 11.5 Å². The number of benzene rings is 1. The van der Waals surface area contributed by atoms with Gasteiger partial charge in [0, 0.05) is 22.4 Å². The second kappa shape index (κ2) is 3.30. The SMILES string of the molecule is Cc1csc(C2=c3cc4c(cc3=N2)OC(F)(F)O4)n1. The van der Waals surface area contributed by atoms with E-state index in [1.807, 2.05) is 12.3 Å². The Labute approximate surface area is 109 Å². The minimum Gasteiger partial charge on any atom is -0.395 e. The first kappa shape index (κ1) is 10.9. The number of nitrogens with zero attached hydrogens (tertiary/aromatic N) is 2. The molecular weight excluding hydrogens is 274 g/mol. The van der Waals surface area contributed by atoms with Crippen LogP contribution in [0.4, 0.5) is 8.78 Å². The molecule has 3 heterocycles. The Morgan fingerprint density at radius 2 is 1.95 bits per heavy atom. The first-order valence-corrected chi connectivity index (χ1v) is 6.35. The number of halogens is 2. The molecule has 96 valence electrons. The number of alkyl halides is 2. The van der Waals surface area contributed by atoms with Crippen LogP contribution in [0.2, 0.25) is 0 Å². The van der Waals surface area contributed by atoms with E-state index in [2.05, 4.69) is 19.5 Å². The fraction of sp³-hybridized carbons (Fsp3) is 0.167. The van der Waals surface area contributed by atoms with Crippen LogP contribution in [-0.4, -0.2) is 11.3 Å². The fourth-order valence-electron chi connectivity index (χ4n) is 2.02. The third kappa shape index (κ3) is 1.54. The van der Waals surface area contributed by atoms with Gasteiger partial charge in [-0.05, 0) is 13.0 Å². The first-order valence-electron chi connectivity index (χ1n) is 5.47. The van der Waals surface area contributed by atoms with Gasteiger partial charge in [-0.1, -0.05) is 0 Å². The molecule has 0 bridgehead atoms. The second-order valence-electron chi connectivity index (χ2n) is 4.24. The van der Waals surface area contributed by atoms with E-state index in [4.69, 9.17) is 0 Å². The average Bonchev–Trinajstić information content (AvgIpc) is 2.83. The quantitative estimate of drug-likeness (QED) is 0.796. The predicted molar refractivity (Wildman–Crippen MR) is 62.8 cm³/mol. The number of hydrogen-bond acceptors (Lipinski definition) is 5. The van der Waals surface area contributed by atoms with E-state index in [0.717, 1.165) is 15.9 Å². The van der Waals surface area contributed by atoms with Crippen LogP contribution in [0.25, 0.3) is 5.70 Å². The Bertz CT molecular complexity index is 829. The highest BCUT2D eigenvalue weighted by atomic mass is 32.1.